The van der Waals surface area contributed by atoms with Crippen molar-refractivity contribution in [2.45, 2.75) is 33.1 Å². The Morgan fingerprint density at radius 2 is 1.90 bits per heavy atom. The predicted molar refractivity (Wildman–Crippen MR) is 80.5 cm³/mol. The lowest BCUT2D eigenvalue weighted by molar-refractivity contribution is -0.138. The Hall–Kier alpha value is -2.04. The van der Waals surface area contributed by atoms with Gasteiger partial charge in [0.2, 0.25) is 5.91 Å². The second-order valence-corrected chi connectivity index (χ2v) is 5.16. The molecular weight excluding hydrogens is 270 g/mol. The Labute approximate surface area is 125 Å². The number of carbonyl (C=O) groups is 2. The second kappa shape index (κ2) is 8.29. The summed E-state index contributed by atoms with van der Waals surface area (Å²) in [6, 6.07) is 5.91. The summed E-state index contributed by atoms with van der Waals surface area (Å²) in [5.41, 5.74) is 2.40. The number of aliphatic carboxylic acids is 1. The minimum Gasteiger partial charge on any atom is -0.494 e. The van der Waals surface area contributed by atoms with Gasteiger partial charge in [0.25, 0.3) is 0 Å². The topological polar surface area (TPSA) is 66.8 Å². The highest BCUT2D eigenvalue weighted by atomic mass is 16.5. The number of aryl methyl sites for hydroxylation is 2. The van der Waals surface area contributed by atoms with Crippen molar-refractivity contribution in [2.24, 2.45) is 0 Å². The van der Waals surface area contributed by atoms with Crippen LogP contribution < -0.4 is 4.74 Å². The normalized spacial score (nSPS) is 10.2. The molecule has 5 nitrogen and oxygen atoms in total. The van der Waals surface area contributed by atoms with Crippen LogP contribution >= 0.6 is 0 Å². The van der Waals surface area contributed by atoms with Gasteiger partial charge in [-0.05, 0) is 43.5 Å². The minimum absolute atomic E-state index is 0.0264. The fourth-order valence-electron chi connectivity index (χ4n) is 1.80. The van der Waals surface area contributed by atoms with Gasteiger partial charge in [-0.1, -0.05) is 6.07 Å². The summed E-state index contributed by atoms with van der Waals surface area (Å²) < 4.78 is 5.61. The maximum Gasteiger partial charge on any atom is 0.305 e. The van der Waals surface area contributed by atoms with Crippen LogP contribution in [0, 0.1) is 13.8 Å². The van der Waals surface area contributed by atoms with Gasteiger partial charge in [-0.25, -0.2) is 0 Å². The van der Waals surface area contributed by atoms with E-state index in [0.29, 0.717) is 19.4 Å². The molecule has 0 radical (unpaired) electrons. The number of benzene rings is 1. The average molecular weight is 293 g/mol. The molecule has 0 spiro atoms. The Balaban J connectivity index is 2.25. The van der Waals surface area contributed by atoms with Gasteiger partial charge in [-0.3, -0.25) is 9.59 Å². The van der Waals surface area contributed by atoms with Crippen LogP contribution in [0.3, 0.4) is 0 Å². The fraction of sp³-hybridized carbons (Fsp3) is 0.500. The lowest BCUT2D eigenvalue weighted by Gasteiger charge is -2.16. The number of amides is 1. The van der Waals surface area contributed by atoms with Crippen LogP contribution in [0.4, 0.5) is 0 Å². The van der Waals surface area contributed by atoms with E-state index in [-0.39, 0.29) is 18.9 Å². The van der Waals surface area contributed by atoms with Crippen molar-refractivity contribution in [3.8, 4) is 5.75 Å². The second-order valence-electron chi connectivity index (χ2n) is 5.16. The summed E-state index contributed by atoms with van der Waals surface area (Å²) in [6.07, 6.45) is 0.950. The Kier molecular flexibility index (Phi) is 6.72. The van der Waals surface area contributed by atoms with E-state index in [4.69, 9.17) is 9.84 Å². The molecule has 0 heterocycles. The van der Waals surface area contributed by atoms with Crippen LogP contribution in [0.5, 0.6) is 5.75 Å². The molecule has 1 aromatic rings. The summed E-state index contributed by atoms with van der Waals surface area (Å²) >= 11 is 0. The van der Waals surface area contributed by atoms with Crippen LogP contribution in [0.1, 0.15) is 30.4 Å². The monoisotopic (exact) mass is 293 g/mol. The van der Waals surface area contributed by atoms with Crippen molar-refractivity contribution in [1.29, 1.82) is 0 Å². The molecule has 21 heavy (non-hydrogen) atoms. The lowest BCUT2D eigenvalue weighted by Crippen LogP contribution is -2.29. The Morgan fingerprint density at radius 3 is 2.52 bits per heavy atom. The fourth-order valence-corrected chi connectivity index (χ4v) is 1.80. The number of hydrogen-bond acceptors (Lipinski definition) is 3. The average Bonchev–Trinajstić information content (AvgIpc) is 2.44. The molecule has 5 heteroatoms. The zero-order valence-corrected chi connectivity index (χ0v) is 12.9. The SMILES string of the molecule is Cc1ccc(OCCCC(=O)N(C)CCC(=O)O)cc1C. The highest BCUT2D eigenvalue weighted by molar-refractivity contribution is 5.76. The van der Waals surface area contributed by atoms with Crippen LogP contribution in [0.2, 0.25) is 0 Å². The van der Waals surface area contributed by atoms with Crippen LogP contribution in [-0.4, -0.2) is 42.1 Å². The number of carboxylic acid groups (broad SMARTS) is 1. The molecule has 0 bridgehead atoms. The van der Waals surface area contributed by atoms with Gasteiger partial charge in [-0.2, -0.15) is 0 Å². The van der Waals surface area contributed by atoms with Gasteiger partial charge < -0.3 is 14.7 Å². The van der Waals surface area contributed by atoms with Crippen LogP contribution in [-0.2, 0) is 9.59 Å². The van der Waals surface area contributed by atoms with Crippen molar-refractivity contribution in [3.63, 3.8) is 0 Å². The third kappa shape index (κ3) is 6.29. The van der Waals surface area contributed by atoms with E-state index in [0.717, 1.165) is 5.75 Å². The third-order valence-electron chi connectivity index (χ3n) is 3.37. The predicted octanol–water partition coefficient (Wildman–Crippen LogP) is 2.40. The third-order valence-corrected chi connectivity index (χ3v) is 3.37. The first-order valence-corrected chi connectivity index (χ1v) is 7.06. The molecule has 1 amide bonds. The molecule has 0 saturated carbocycles. The zero-order valence-electron chi connectivity index (χ0n) is 12.9. The summed E-state index contributed by atoms with van der Waals surface area (Å²) in [6.45, 7) is 4.79. The molecule has 0 aliphatic rings. The van der Waals surface area contributed by atoms with Crippen molar-refractivity contribution >= 4 is 11.9 Å². The lowest BCUT2D eigenvalue weighted by atomic mass is 10.1. The summed E-state index contributed by atoms with van der Waals surface area (Å²) in [5, 5.41) is 8.57. The van der Waals surface area contributed by atoms with E-state index >= 15 is 0 Å². The number of rotatable bonds is 8. The zero-order chi connectivity index (χ0) is 15.8. The molecule has 0 saturated heterocycles. The molecule has 0 aromatic heterocycles. The number of carbonyl (C=O) groups excluding carboxylic acids is 1. The van der Waals surface area contributed by atoms with Crippen LogP contribution in [0.25, 0.3) is 0 Å². The molecular formula is C16H23NO4. The maximum absolute atomic E-state index is 11.7. The first-order chi connectivity index (χ1) is 9.90. The minimum atomic E-state index is -0.896. The number of carboxylic acids is 1. The molecule has 1 N–H and O–H groups in total. The highest BCUT2D eigenvalue weighted by Crippen LogP contribution is 2.16. The van der Waals surface area contributed by atoms with E-state index in [2.05, 4.69) is 0 Å². The summed E-state index contributed by atoms with van der Waals surface area (Å²) in [4.78, 5) is 23.6. The molecule has 1 rings (SSSR count). The van der Waals surface area contributed by atoms with Crippen molar-refractivity contribution in [1.82, 2.24) is 4.90 Å². The van der Waals surface area contributed by atoms with Gasteiger partial charge in [0.15, 0.2) is 0 Å². The van der Waals surface area contributed by atoms with E-state index in [1.54, 1.807) is 7.05 Å². The first-order valence-electron chi connectivity index (χ1n) is 7.06. The summed E-state index contributed by atoms with van der Waals surface area (Å²) in [7, 11) is 1.62. The van der Waals surface area contributed by atoms with E-state index in [9.17, 15) is 9.59 Å². The van der Waals surface area contributed by atoms with Crippen LogP contribution in [0.15, 0.2) is 18.2 Å². The van der Waals surface area contributed by atoms with Gasteiger partial charge in [0, 0.05) is 20.0 Å². The summed E-state index contributed by atoms with van der Waals surface area (Å²) in [5.74, 6) is -0.141. The van der Waals surface area contributed by atoms with E-state index in [1.165, 1.54) is 16.0 Å². The standard InChI is InChI=1S/C16H23NO4/c1-12-6-7-14(11-13(12)2)21-10-4-5-15(18)17(3)9-8-16(19)20/h6-7,11H,4-5,8-10H2,1-3H3,(H,19,20). The molecule has 116 valence electrons. The smallest absolute Gasteiger partial charge is 0.305 e. The number of hydrogen-bond donors (Lipinski definition) is 1. The number of ether oxygens (including phenoxy) is 1. The molecule has 0 aliphatic heterocycles. The molecule has 0 atom stereocenters. The highest BCUT2D eigenvalue weighted by Gasteiger charge is 2.09. The first kappa shape index (κ1) is 17.0. The van der Waals surface area contributed by atoms with Gasteiger partial charge in [0.05, 0.1) is 13.0 Å². The molecule has 0 fully saturated rings. The van der Waals surface area contributed by atoms with Crippen molar-refractivity contribution < 1.29 is 19.4 Å². The Morgan fingerprint density at radius 1 is 1.19 bits per heavy atom. The van der Waals surface area contributed by atoms with Gasteiger partial charge in [-0.15, -0.1) is 0 Å². The van der Waals surface area contributed by atoms with E-state index < -0.39 is 5.97 Å². The van der Waals surface area contributed by atoms with Gasteiger partial charge in [0.1, 0.15) is 5.75 Å². The maximum atomic E-state index is 11.7. The largest absolute Gasteiger partial charge is 0.494 e. The van der Waals surface area contributed by atoms with E-state index in [1.807, 2.05) is 32.0 Å². The van der Waals surface area contributed by atoms with Crippen molar-refractivity contribution in [2.75, 3.05) is 20.2 Å². The molecule has 1 aromatic carbocycles. The number of nitrogens with zero attached hydrogens (tertiary/aromatic N) is 1. The quantitative estimate of drug-likeness (QED) is 0.747. The van der Waals surface area contributed by atoms with Crippen molar-refractivity contribution in [3.05, 3.63) is 29.3 Å². The Bertz CT molecular complexity index is 499. The molecule has 0 unspecified atom stereocenters. The van der Waals surface area contributed by atoms with Gasteiger partial charge >= 0.3 is 5.97 Å². The molecule has 0 aliphatic carbocycles.